The van der Waals surface area contributed by atoms with E-state index in [1.165, 1.54) is 62.4 Å². The molecular weight excluding hydrogens is 499 g/mol. The van der Waals surface area contributed by atoms with Crippen molar-refractivity contribution in [3.05, 3.63) is 70.9 Å². The van der Waals surface area contributed by atoms with Crippen molar-refractivity contribution in [2.75, 3.05) is 26.2 Å². The summed E-state index contributed by atoms with van der Waals surface area (Å²) in [5, 5.41) is 4.24. The fourth-order valence-electron chi connectivity index (χ4n) is 4.82. The Morgan fingerprint density at radius 1 is 1.00 bits per heavy atom. The molecule has 35 heavy (non-hydrogen) atoms. The number of benzene rings is 1. The summed E-state index contributed by atoms with van der Waals surface area (Å²) in [5.41, 5.74) is 3.35. The highest BCUT2D eigenvalue weighted by Crippen LogP contribution is 2.34. The topological polar surface area (TPSA) is 49.6 Å². The number of carbonyl (C=O) groups is 1. The van der Waals surface area contributed by atoms with Gasteiger partial charge in [-0.2, -0.15) is 0 Å². The van der Waals surface area contributed by atoms with E-state index in [9.17, 15) is 4.79 Å². The first-order chi connectivity index (χ1) is 16.3. The molecule has 3 aromatic rings. The predicted molar refractivity (Wildman–Crippen MR) is 150 cm³/mol. The van der Waals surface area contributed by atoms with Crippen LogP contribution in [0.4, 0.5) is 0 Å². The fourth-order valence-corrected chi connectivity index (χ4v) is 5.83. The molecule has 0 bridgehead atoms. The van der Waals surface area contributed by atoms with E-state index in [4.69, 9.17) is 0 Å². The molecule has 0 aliphatic carbocycles. The lowest BCUT2D eigenvalue weighted by molar-refractivity contribution is -0.117. The molecule has 188 valence electrons. The lowest BCUT2D eigenvalue weighted by Gasteiger charge is -2.32. The van der Waals surface area contributed by atoms with Gasteiger partial charge in [-0.25, -0.2) is 4.98 Å². The number of nitrogens with zero attached hydrogens (tertiary/aromatic N) is 3. The van der Waals surface area contributed by atoms with Crippen LogP contribution in [0, 0.1) is 5.92 Å². The van der Waals surface area contributed by atoms with Gasteiger partial charge < -0.3 is 10.2 Å². The van der Waals surface area contributed by atoms with E-state index in [-0.39, 0.29) is 30.7 Å². The van der Waals surface area contributed by atoms with Gasteiger partial charge in [0.2, 0.25) is 0 Å². The number of pyridine rings is 1. The Morgan fingerprint density at radius 2 is 1.80 bits per heavy atom. The van der Waals surface area contributed by atoms with Gasteiger partial charge in [-0.1, -0.05) is 54.6 Å². The summed E-state index contributed by atoms with van der Waals surface area (Å²) in [5.74, 6) is 0.608. The maximum absolute atomic E-state index is 12.8. The van der Waals surface area contributed by atoms with Crippen molar-refractivity contribution >= 4 is 54.2 Å². The average molecular weight is 534 g/mol. The average Bonchev–Trinajstić information content (AvgIpc) is 3.28. The van der Waals surface area contributed by atoms with Gasteiger partial charge in [0, 0.05) is 6.54 Å². The SMILES string of the molecule is Cl.Cl.O=C(NCC1CCN(CCCCCc2ccccc2)CC1)C1=Cc2cnc3cccc(n23)S1. The molecule has 2 aromatic heterocycles. The summed E-state index contributed by atoms with van der Waals surface area (Å²) < 4.78 is 2.10. The molecule has 1 amide bonds. The Kier molecular flexibility index (Phi) is 10.5. The zero-order chi connectivity index (χ0) is 22.5. The number of hydrogen-bond donors (Lipinski definition) is 1. The number of nitrogens with one attached hydrogen (secondary N) is 1. The smallest absolute Gasteiger partial charge is 0.258 e. The lowest BCUT2D eigenvalue weighted by Crippen LogP contribution is -2.39. The van der Waals surface area contributed by atoms with E-state index in [0.29, 0.717) is 5.92 Å². The number of piperidine rings is 1. The zero-order valence-corrected chi connectivity index (χ0v) is 22.3. The van der Waals surface area contributed by atoms with E-state index >= 15 is 0 Å². The van der Waals surface area contributed by atoms with Crippen LogP contribution < -0.4 is 5.32 Å². The molecule has 0 spiro atoms. The van der Waals surface area contributed by atoms with Crippen LogP contribution in [0.15, 0.2) is 64.7 Å². The minimum Gasteiger partial charge on any atom is -0.351 e. The number of imidazole rings is 1. The van der Waals surface area contributed by atoms with Gasteiger partial charge in [0.05, 0.1) is 21.8 Å². The van der Waals surface area contributed by atoms with Crippen molar-refractivity contribution in [1.29, 1.82) is 0 Å². The van der Waals surface area contributed by atoms with Crippen LogP contribution >= 0.6 is 36.6 Å². The third-order valence-corrected chi connectivity index (χ3v) is 7.83. The van der Waals surface area contributed by atoms with E-state index < -0.39 is 0 Å². The highest BCUT2D eigenvalue weighted by atomic mass is 35.5. The molecule has 1 fully saturated rings. The van der Waals surface area contributed by atoms with Gasteiger partial charge in [0.15, 0.2) is 0 Å². The van der Waals surface area contributed by atoms with Crippen LogP contribution in [0.2, 0.25) is 0 Å². The molecule has 2 aliphatic rings. The number of aryl methyl sites for hydroxylation is 1. The Bertz CT molecular complexity index is 1130. The highest BCUT2D eigenvalue weighted by molar-refractivity contribution is 8.04. The number of rotatable bonds is 9. The summed E-state index contributed by atoms with van der Waals surface area (Å²) >= 11 is 1.52. The molecule has 0 radical (unpaired) electrons. The summed E-state index contributed by atoms with van der Waals surface area (Å²) in [7, 11) is 0. The van der Waals surface area contributed by atoms with Crippen LogP contribution in [0.3, 0.4) is 0 Å². The molecule has 1 N–H and O–H groups in total. The molecule has 0 saturated carbocycles. The van der Waals surface area contributed by atoms with Gasteiger partial charge in [-0.3, -0.25) is 9.20 Å². The molecule has 4 heterocycles. The minimum atomic E-state index is 0. The Labute approximate surface area is 224 Å². The van der Waals surface area contributed by atoms with Crippen LogP contribution in [-0.2, 0) is 11.2 Å². The molecule has 5 nitrogen and oxygen atoms in total. The number of thioether (sulfide) groups is 1. The maximum atomic E-state index is 12.8. The zero-order valence-electron chi connectivity index (χ0n) is 19.9. The number of halogens is 2. The van der Waals surface area contributed by atoms with Gasteiger partial charge in [-0.15, -0.1) is 24.8 Å². The molecule has 0 unspecified atom stereocenters. The van der Waals surface area contributed by atoms with Crippen molar-refractivity contribution in [3.8, 4) is 0 Å². The number of amides is 1. The highest BCUT2D eigenvalue weighted by Gasteiger charge is 2.22. The molecule has 0 atom stereocenters. The summed E-state index contributed by atoms with van der Waals surface area (Å²) in [6, 6.07) is 16.8. The number of likely N-dealkylation sites (tertiary alicyclic amines) is 1. The van der Waals surface area contributed by atoms with Crippen molar-refractivity contribution in [2.24, 2.45) is 5.92 Å². The monoisotopic (exact) mass is 532 g/mol. The Morgan fingerprint density at radius 3 is 2.60 bits per heavy atom. The standard InChI is InChI=1S/C27H32N4OS.2ClH/c32-27(24-18-23-20-28-25-11-7-12-26(33-24)31(23)25)29-19-22-13-16-30(17-14-22)15-6-2-5-10-21-8-3-1-4-9-21;;/h1,3-4,7-9,11-12,18,20,22H,2,5-6,10,13-17,19H2,(H,29,32);2*1H. The van der Waals surface area contributed by atoms with E-state index in [0.717, 1.165) is 40.9 Å². The van der Waals surface area contributed by atoms with Gasteiger partial charge in [-0.05, 0) is 81.4 Å². The van der Waals surface area contributed by atoms with E-state index in [1.54, 1.807) is 0 Å². The van der Waals surface area contributed by atoms with Gasteiger partial charge in [0.1, 0.15) is 5.65 Å². The quantitative estimate of drug-likeness (QED) is 0.350. The third kappa shape index (κ3) is 7.04. The first kappa shape index (κ1) is 27.6. The first-order valence-electron chi connectivity index (χ1n) is 12.2. The van der Waals surface area contributed by atoms with Crippen molar-refractivity contribution in [1.82, 2.24) is 19.6 Å². The molecule has 1 aromatic carbocycles. The van der Waals surface area contributed by atoms with E-state index in [2.05, 4.69) is 49.9 Å². The second kappa shape index (κ2) is 13.4. The van der Waals surface area contributed by atoms with Gasteiger partial charge in [0.25, 0.3) is 5.91 Å². The van der Waals surface area contributed by atoms with Crippen molar-refractivity contribution in [3.63, 3.8) is 0 Å². The number of carbonyl (C=O) groups excluding carboxylic acids is 1. The molecule has 1 saturated heterocycles. The first-order valence-corrected chi connectivity index (χ1v) is 13.0. The second-order valence-electron chi connectivity index (χ2n) is 9.14. The molecule has 8 heteroatoms. The number of aromatic nitrogens is 2. The van der Waals surface area contributed by atoms with E-state index in [1.807, 2.05) is 30.5 Å². The van der Waals surface area contributed by atoms with Crippen LogP contribution in [0.25, 0.3) is 11.7 Å². The Hall–Kier alpha value is -1.99. The maximum Gasteiger partial charge on any atom is 0.258 e. The van der Waals surface area contributed by atoms with Crippen molar-refractivity contribution < 1.29 is 4.79 Å². The summed E-state index contributed by atoms with van der Waals surface area (Å²) in [4.78, 5) is 20.6. The lowest BCUT2D eigenvalue weighted by atomic mass is 9.96. The van der Waals surface area contributed by atoms with Gasteiger partial charge >= 0.3 is 0 Å². The minimum absolute atomic E-state index is 0. The van der Waals surface area contributed by atoms with Crippen LogP contribution in [-0.4, -0.2) is 46.4 Å². The fraction of sp³-hybridized carbons (Fsp3) is 0.407. The predicted octanol–water partition coefficient (Wildman–Crippen LogP) is 5.87. The second-order valence-corrected chi connectivity index (χ2v) is 10.2. The van der Waals surface area contributed by atoms with Crippen LogP contribution in [0.1, 0.15) is 43.4 Å². The Balaban J connectivity index is 0.00000171. The summed E-state index contributed by atoms with van der Waals surface area (Å²) in [6.07, 6.45) is 11.2. The molecule has 5 rings (SSSR count). The molecular formula is C27H34Cl2N4OS. The number of hydrogen-bond acceptors (Lipinski definition) is 4. The third-order valence-electron chi connectivity index (χ3n) is 6.78. The van der Waals surface area contributed by atoms with Crippen LogP contribution in [0.5, 0.6) is 0 Å². The normalized spacial score (nSPS) is 15.7. The van der Waals surface area contributed by atoms with Crippen molar-refractivity contribution in [2.45, 2.75) is 43.6 Å². The largest absolute Gasteiger partial charge is 0.351 e. The number of unbranched alkanes of at least 4 members (excludes halogenated alkanes) is 2. The summed E-state index contributed by atoms with van der Waals surface area (Å²) in [6.45, 7) is 4.28. The molecule has 2 aliphatic heterocycles.